The number of nitrogens with zero attached hydrogens (tertiary/aromatic N) is 3. The molecule has 0 aliphatic heterocycles. The van der Waals surface area contributed by atoms with Crippen LogP contribution >= 0.6 is 0 Å². The summed E-state index contributed by atoms with van der Waals surface area (Å²) < 4.78 is 0. The van der Waals surface area contributed by atoms with E-state index in [1.807, 2.05) is 18.3 Å². The predicted octanol–water partition coefficient (Wildman–Crippen LogP) is 11.0. The standard InChI is InChI=1S/C43H29N3/c1-2-8-30(9-3-1)32-15-20-34(21-16-32)41-28-42(39-13-6-12-37(27-39)40-14-7-25-44-29-40)46-43(45-41)35-22-17-33(18-23-35)38-24-19-31-10-4-5-11-36(31)26-38/h1-29H. The van der Waals surface area contributed by atoms with Crippen LogP contribution in [0.3, 0.4) is 0 Å². The molecule has 0 fully saturated rings. The first-order chi connectivity index (χ1) is 22.8. The van der Waals surface area contributed by atoms with Crippen LogP contribution in [0.5, 0.6) is 0 Å². The summed E-state index contributed by atoms with van der Waals surface area (Å²) in [6.45, 7) is 0. The van der Waals surface area contributed by atoms with Gasteiger partial charge in [-0.15, -0.1) is 0 Å². The van der Waals surface area contributed by atoms with Crippen LogP contribution in [0.25, 0.3) is 78.1 Å². The molecule has 0 N–H and O–H groups in total. The number of aromatic nitrogens is 3. The average molecular weight is 588 g/mol. The Kier molecular flexibility index (Phi) is 7.18. The van der Waals surface area contributed by atoms with E-state index >= 15 is 0 Å². The second kappa shape index (κ2) is 12.1. The highest BCUT2D eigenvalue weighted by molar-refractivity contribution is 5.87. The molecule has 0 atom stereocenters. The Morgan fingerprint density at radius 2 is 0.848 bits per heavy atom. The third-order valence-electron chi connectivity index (χ3n) is 8.39. The van der Waals surface area contributed by atoms with Gasteiger partial charge in [0.15, 0.2) is 5.82 Å². The predicted molar refractivity (Wildman–Crippen MR) is 190 cm³/mol. The molecular formula is C43H29N3. The van der Waals surface area contributed by atoms with Crippen molar-refractivity contribution in [2.75, 3.05) is 0 Å². The fourth-order valence-electron chi connectivity index (χ4n) is 5.91. The largest absolute Gasteiger partial charge is 0.264 e. The van der Waals surface area contributed by atoms with Gasteiger partial charge < -0.3 is 0 Å². The van der Waals surface area contributed by atoms with Crippen molar-refractivity contribution in [3.05, 3.63) is 176 Å². The fourth-order valence-corrected chi connectivity index (χ4v) is 5.91. The van der Waals surface area contributed by atoms with Crippen molar-refractivity contribution in [2.45, 2.75) is 0 Å². The molecule has 216 valence electrons. The molecule has 46 heavy (non-hydrogen) atoms. The Balaban J connectivity index is 1.20. The minimum atomic E-state index is 0.691. The summed E-state index contributed by atoms with van der Waals surface area (Å²) in [5, 5.41) is 2.47. The van der Waals surface area contributed by atoms with E-state index in [1.165, 1.54) is 27.5 Å². The first-order valence-electron chi connectivity index (χ1n) is 15.4. The normalized spacial score (nSPS) is 11.0. The van der Waals surface area contributed by atoms with E-state index in [0.717, 1.165) is 44.8 Å². The van der Waals surface area contributed by atoms with Gasteiger partial charge in [0.05, 0.1) is 11.4 Å². The van der Waals surface area contributed by atoms with Gasteiger partial charge in [-0.05, 0) is 62.9 Å². The molecule has 0 spiro atoms. The fraction of sp³-hybridized carbons (Fsp3) is 0. The summed E-state index contributed by atoms with van der Waals surface area (Å²) in [6.07, 6.45) is 3.69. The molecule has 0 saturated carbocycles. The molecule has 0 unspecified atom stereocenters. The van der Waals surface area contributed by atoms with Gasteiger partial charge in [-0.3, -0.25) is 4.98 Å². The highest BCUT2D eigenvalue weighted by Crippen LogP contribution is 2.32. The monoisotopic (exact) mass is 587 g/mol. The summed E-state index contributed by atoms with van der Waals surface area (Å²) in [5.74, 6) is 0.691. The Hall–Kier alpha value is -6.19. The van der Waals surface area contributed by atoms with Crippen LogP contribution in [0.1, 0.15) is 0 Å². The lowest BCUT2D eigenvalue weighted by Crippen LogP contribution is -1.96. The molecule has 2 heterocycles. The zero-order valence-corrected chi connectivity index (χ0v) is 25.1. The van der Waals surface area contributed by atoms with Crippen molar-refractivity contribution in [1.29, 1.82) is 0 Å². The van der Waals surface area contributed by atoms with E-state index in [0.29, 0.717) is 5.82 Å². The molecule has 0 aliphatic carbocycles. The average Bonchev–Trinajstić information content (AvgIpc) is 3.15. The molecule has 2 aromatic heterocycles. The quantitative estimate of drug-likeness (QED) is 0.194. The molecule has 3 nitrogen and oxygen atoms in total. The second-order valence-corrected chi connectivity index (χ2v) is 11.4. The summed E-state index contributed by atoms with van der Waals surface area (Å²) in [6, 6.07) is 57.3. The van der Waals surface area contributed by atoms with Crippen LogP contribution in [0, 0.1) is 0 Å². The molecule has 0 aliphatic rings. The van der Waals surface area contributed by atoms with Crippen molar-refractivity contribution in [3.8, 4) is 67.3 Å². The lowest BCUT2D eigenvalue weighted by molar-refractivity contribution is 1.18. The van der Waals surface area contributed by atoms with Crippen LogP contribution in [-0.2, 0) is 0 Å². The van der Waals surface area contributed by atoms with Crippen molar-refractivity contribution in [2.24, 2.45) is 0 Å². The summed E-state index contributed by atoms with van der Waals surface area (Å²) in [4.78, 5) is 14.5. The molecule has 8 rings (SSSR count). The number of hydrogen-bond acceptors (Lipinski definition) is 3. The highest BCUT2D eigenvalue weighted by Gasteiger charge is 2.13. The number of hydrogen-bond donors (Lipinski definition) is 0. The van der Waals surface area contributed by atoms with Crippen LogP contribution in [0.2, 0.25) is 0 Å². The van der Waals surface area contributed by atoms with Gasteiger partial charge in [-0.2, -0.15) is 0 Å². The van der Waals surface area contributed by atoms with E-state index in [-0.39, 0.29) is 0 Å². The molecule has 0 saturated heterocycles. The second-order valence-electron chi connectivity index (χ2n) is 11.4. The number of pyridine rings is 1. The Morgan fingerprint density at radius 3 is 1.61 bits per heavy atom. The Bertz CT molecular complexity index is 2280. The van der Waals surface area contributed by atoms with Crippen LogP contribution in [0.4, 0.5) is 0 Å². The van der Waals surface area contributed by atoms with Crippen LogP contribution < -0.4 is 0 Å². The highest BCUT2D eigenvalue weighted by atomic mass is 14.9. The van der Waals surface area contributed by atoms with E-state index in [9.17, 15) is 0 Å². The number of benzene rings is 6. The zero-order chi connectivity index (χ0) is 30.7. The van der Waals surface area contributed by atoms with E-state index in [1.54, 1.807) is 6.20 Å². The minimum Gasteiger partial charge on any atom is -0.264 e. The zero-order valence-electron chi connectivity index (χ0n) is 25.1. The smallest absolute Gasteiger partial charge is 0.160 e. The van der Waals surface area contributed by atoms with Crippen LogP contribution in [-0.4, -0.2) is 15.0 Å². The number of rotatable bonds is 6. The first-order valence-corrected chi connectivity index (χ1v) is 15.4. The molecule has 0 amide bonds. The Morgan fingerprint density at radius 1 is 0.304 bits per heavy atom. The molecular weight excluding hydrogens is 558 g/mol. The number of fused-ring (bicyclic) bond motifs is 1. The Labute approximate surface area is 268 Å². The maximum Gasteiger partial charge on any atom is 0.160 e. The van der Waals surface area contributed by atoms with Gasteiger partial charge >= 0.3 is 0 Å². The van der Waals surface area contributed by atoms with Crippen molar-refractivity contribution >= 4 is 10.8 Å². The summed E-state index contributed by atoms with van der Waals surface area (Å²) in [7, 11) is 0. The SMILES string of the molecule is c1ccc(-c2ccc(-c3cc(-c4cccc(-c5cccnc5)c4)nc(-c4ccc(-c5ccc6ccccc6c5)cc4)n3)cc2)cc1. The summed E-state index contributed by atoms with van der Waals surface area (Å²) in [5.41, 5.74) is 11.7. The third-order valence-corrected chi connectivity index (χ3v) is 8.39. The third kappa shape index (κ3) is 5.58. The lowest BCUT2D eigenvalue weighted by atomic mass is 9.99. The molecule has 0 radical (unpaired) electrons. The lowest BCUT2D eigenvalue weighted by Gasteiger charge is -2.12. The first kappa shape index (κ1) is 27.4. The van der Waals surface area contributed by atoms with Gasteiger partial charge in [0, 0.05) is 34.6 Å². The molecule has 0 bridgehead atoms. The van der Waals surface area contributed by atoms with Crippen molar-refractivity contribution in [3.63, 3.8) is 0 Å². The molecule has 6 aromatic carbocycles. The van der Waals surface area contributed by atoms with Gasteiger partial charge in [0.25, 0.3) is 0 Å². The van der Waals surface area contributed by atoms with Gasteiger partial charge in [-0.25, -0.2) is 9.97 Å². The van der Waals surface area contributed by atoms with Gasteiger partial charge in [0.1, 0.15) is 0 Å². The van der Waals surface area contributed by atoms with E-state index in [4.69, 9.17) is 9.97 Å². The molecule has 8 aromatic rings. The van der Waals surface area contributed by atoms with E-state index in [2.05, 4.69) is 157 Å². The van der Waals surface area contributed by atoms with Crippen molar-refractivity contribution < 1.29 is 0 Å². The van der Waals surface area contributed by atoms with Crippen LogP contribution in [0.15, 0.2) is 176 Å². The maximum atomic E-state index is 5.12. The minimum absolute atomic E-state index is 0.691. The topological polar surface area (TPSA) is 38.7 Å². The van der Waals surface area contributed by atoms with Gasteiger partial charge in [-0.1, -0.05) is 140 Å². The molecule has 3 heteroatoms. The van der Waals surface area contributed by atoms with Gasteiger partial charge in [0.2, 0.25) is 0 Å². The summed E-state index contributed by atoms with van der Waals surface area (Å²) >= 11 is 0. The van der Waals surface area contributed by atoms with E-state index < -0.39 is 0 Å². The van der Waals surface area contributed by atoms with Crippen molar-refractivity contribution in [1.82, 2.24) is 15.0 Å². The maximum absolute atomic E-state index is 5.12.